The molecule has 0 aromatic heterocycles. The molecule has 0 radical (unpaired) electrons. The number of rotatable bonds is 3. The lowest BCUT2D eigenvalue weighted by Crippen LogP contribution is -1.88. The van der Waals surface area contributed by atoms with Gasteiger partial charge in [-0.3, -0.25) is 0 Å². The number of fused-ring (bicyclic) bond motifs is 1. The Labute approximate surface area is 109 Å². The Morgan fingerprint density at radius 1 is 1.24 bits per heavy atom. The average Bonchev–Trinajstić information content (AvgIpc) is 2.35. The molecule has 0 spiro atoms. The van der Waals surface area contributed by atoms with Crippen molar-refractivity contribution in [3.05, 3.63) is 46.4 Å². The summed E-state index contributed by atoms with van der Waals surface area (Å²) in [5, 5.41) is 11.1. The molecule has 3 heteroatoms. The molecule has 88 valence electrons. The zero-order valence-corrected chi connectivity index (χ0v) is 11.1. The molecule has 17 heavy (non-hydrogen) atoms. The largest absolute Gasteiger partial charge is 0.496 e. The molecule has 2 nitrogen and oxygen atoms in total. The highest BCUT2D eigenvalue weighted by Crippen LogP contribution is 2.28. The monoisotopic (exact) mass is 292 g/mol. The van der Waals surface area contributed by atoms with E-state index in [4.69, 9.17) is 9.84 Å². The van der Waals surface area contributed by atoms with Crippen LogP contribution in [0.1, 0.15) is 5.56 Å². The van der Waals surface area contributed by atoms with Crippen LogP contribution in [0, 0.1) is 0 Å². The molecule has 0 aliphatic heterocycles. The van der Waals surface area contributed by atoms with Gasteiger partial charge in [0.2, 0.25) is 0 Å². The SMILES string of the molecule is COc1cc2ccc(Br)cc2cc1/C=C/CO. The summed E-state index contributed by atoms with van der Waals surface area (Å²) in [5.74, 6) is 0.810. The van der Waals surface area contributed by atoms with Crippen LogP contribution in [0.2, 0.25) is 0 Å². The molecule has 1 N–H and O–H groups in total. The first kappa shape index (κ1) is 12.1. The third kappa shape index (κ3) is 2.68. The number of ether oxygens (including phenoxy) is 1. The van der Waals surface area contributed by atoms with Gasteiger partial charge in [0.1, 0.15) is 5.75 Å². The van der Waals surface area contributed by atoms with Crippen molar-refractivity contribution in [1.82, 2.24) is 0 Å². The number of benzene rings is 2. The van der Waals surface area contributed by atoms with Crippen molar-refractivity contribution in [2.45, 2.75) is 0 Å². The Kier molecular flexibility index (Phi) is 3.82. The van der Waals surface area contributed by atoms with Crippen LogP contribution in [0.5, 0.6) is 5.75 Å². The van der Waals surface area contributed by atoms with E-state index >= 15 is 0 Å². The maximum atomic E-state index is 8.81. The Balaban J connectivity index is 2.61. The molecule has 0 fully saturated rings. The minimum atomic E-state index is 0.0275. The zero-order chi connectivity index (χ0) is 12.3. The minimum Gasteiger partial charge on any atom is -0.496 e. The minimum absolute atomic E-state index is 0.0275. The van der Waals surface area contributed by atoms with Gasteiger partial charge in [-0.1, -0.05) is 34.1 Å². The normalized spacial score (nSPS) is 11.2. The van der Waals surface area contributed by atoms with Crippen molar-refractivity contribution in [2.75, 3.05) is 13.7 Å². The lowest BCUT2D eigenvalue weighted by Gasteiger charge is -2.07. The second-order valence-electron chi connectivity index (χ2n) is 3.67. The molecule has 0 bridgehead atoms. The maximum Gasteiger partial charge on any atom is 0.126 e. The van der Waals surface area contributed by atoms with Crippen LogP contribution in [-0.2, 0) is 0 Å². The van der Waals surface area contributed by atoms with Crippen LogP contribution >= 0.6 is 15.9 Å². The predicted octanol–water partition coefficient (Wildman–Crippen LogP) is 3.62. The second kappa shape index (κ2) is 5.34. The number of halogens is 1. The molecule has 0 aliphatic carbocycles. The van der Waals surface area contributed by atoms with Gasteiger partial charge < -0.3 is 9.84 Å². The van der Waals surface area contributed by atoms with E-state index in [1.165, 1.54) is 0 Å². The van der Waals surface area contributed by atoms with Gasteiger partial charge in [-0.2, -0.15) is 0 Å². The van der Waals surface area contributed by atoms with Crippen LogP contribution in [0.4, 0.5) is 0 Å². The van der Waals surface area contributed by atoms with E-state index < -0.39 is 0 Å². The van der Waals surface area contributed by atoms with E-state index in [0.29, 0.717) is 0 Å². The van der Waals surface area contributed by atoms with Crippen molar-refractivity contribution >= 4 is 32.8 Å². The van der Waals surface area contributed by atoms with Gasteiger partial charge in [-0.15, -0.1) is 0 Å². The van der Waals surface area contributed by atoms with Crippen LogP contribution in [0.15, 0.2) is 40.9 Å². The summed E-state index contributed by atoms with van der Waals surface area (Å²) in [5.41, 5.74) is 0.965. The Morgan fingerprint density at radius 2 is 2.06 bits per heavy atom. The van der Waals surface area contributed by atoms with E-state index in [1.807, 2.05) is 30.3 Å². The van der Waals surface area contributed by atoms with Crippen molar-refractivity contribution in [3.8, 4) is 5.75 Å². The van der Waals surface area contributed by atoms with Gasteiger partial charge >= 0.3 is 0 Å². The fraction of sp³-hybridized carbons (Fsp3) is 0.143. The summed E-state index contributed by atoms with van der Waals surface area (Å²) in [4.78, 5) is 0. The quantitative estimate of drug-likeness (QED) is 0.936. The van der Waals surface area contributed by atoms with E-state index in [9.17, 15) is 0 Å². The highest BCUT2D eigenvalue weighted by molar-refractivity contribution is 9.10. The van der Waals surface area contributed by atoms with Crippen molar-refractivity contribution < 1.29 is 9.84 Å². The first-order chi connectivity index (χ1) is 8.24. The Bertz CT molecular complexity index is 561. The van der Waals surface area contributed by atoms with Crippen LogP contribution in [-0.4, -0.2) is 18.8 Å². The van der Waals surface area contributed by atoms with Crippen LogP contribution < -0.4 is 4.74 Å². The van der Waals surface area contributed by atoms with Gasteiger partial charge in [0.25, 0.3) is 0 Å². The van der Waals surface area contributed by atoms with Crippen LogP contribution in [0.3, 0.4) is 0 Å². The fourth-order valence-electron chi connectivity index (χ4n) is 1.75. The highest BCUT2D eigenvalue weighted by atomic mass is 79.9. The lowest BCUT2D eigenvalue weighted by atomic mass is 10.1. The first-order valence-electron chi connectivity index (χ1n) is 5.29. The van der Waals surface area contributed by atoms with Gasteiger partial charge in [0.15, 0.2) is 0 Å². The number of hydrogen-bond donors (Lipinski definition) is 1. The van der Waals surface area contributed by atoms with Gasteiger partial charge in [0, 0.05) is 10.0 Å². The standard InChI is InChI=1S/C14H13BrO2/c1-17-14-9-10-4-5-13(15)8-12(10)7-11(14)3-2-6-16/h2-5,7-9,16H,6H2,1H3/b3-2+. The molecule has 0 aliphatic rings. The van der Waals surface area contributed by atoms with E-state index in [-0.39, 0.29) is 6.61 Å². The third-order valence-corrected chi connectivity index (χ3v) is 3.05. The number of aliphatic hydroxyl groups excluding tert-OH is 1. The molecule has 0 saturated carbocycles. The number of hydrogen-bond acceptors (Lipinski definition) is 2. The van der Waals surface area contributed by atoms with Crippen LogP contribution in [0.25, 0.3) is 16.8 Å². The molecule has 0 saturated heterocycles. The molecule has 2 rings (SSSR count). The first-order valence-corrected chi connectivity index (χ1v) is 6.08. The molecule has 0 amide bonds. The highest BCUT2D eigenvalue weighted by Gasteiger charge is 2.03. The molecule has 0 atom stereocenters. The molecule has 0 unspecified atom stereocenters. The topological polar surface area (TPSA) is 29.5 Å². The Hall–Kier alpha value is -1.32. The summed E-state index contributed by atoms with van der Waals surface area (Å²) in [6, 6.07) is 10.2. The smallest absolute Gasteiger partial charge is 0.126 e. The average molecular weight is 293 g/mol. The molecule has 2 aromatic carbocycles. The van der Waals surface area contributed by atoms with Gasteiger partial charge in [-0.25, -0.2) is 0 Å². The summed E-state index contributed by atoms with van der Waals surface area (Å²) in [6.45, 7) is 0.0275. The van der Waals surface area contributed by atoms with E-state index in [2.05, 4.69) is 22.0 Å². The summed E-state index contributed by atoms with van der Waals surface area (Å²) in [6.07, 6.45) is 3.56. The third-order valence-electron chi connectivity index (χ3n) is 2.55. The summed E-state index contributed by atoms with van der Waals surface area (Å²) >= 11 is 3.46. The molecule has 2 aromatic rings. The zero-order valence-electron chi connectivity index (χ0n) is 9.48. The fourth-order valence-corrected chi connectivity index (χ4v) is 2.13. The lowest BCUT2D eigenvalue weighted by molar-refractivity contribution is 0.343. The predicted molar refractivity (Wildman–Crippen MR) is 74.3 cm³/mol. The maximum absolute atomic E-state index is 8.81. The van der Waals surface area contributed by atoms with Gasteiger partial charge in [0.05, 0.1) is 13.7 Å². The van der Waals surface area contributed by atoms with Crippen molar-refractivity contribution in [1.29, 1.82) is 0 Å². The van der Waals surface area contributed by atoms with Crippen molar-refractivity contribution in [2.24, 2.45) is 0 Å². The second-order valence-corrected chi connectivity index (χ2v) is 4.59. The summed E-state index contributed by atoms with van der Waals surface area (Å²) < 4.78 is 6.38. The number of methoxy groups -OCH3 is 1. The van der Waals surface area contributed by atoms with E-state index in [1.54, 1.807) is 13.2 Å². The van der Waals surface area contributed by atoms with Crippen molar-refractivity contribution in [3.63, 3.8) is 0 Å². The number of aliphatic hydroxyl groups is 1. The molecular weight excluding hydrogens is 280 g/mol. The van der Waals surface area contributed by atoms with Gasteiger partial charge in [-0.05, 0) is 35.0 Å². The molecule has 0 heterocycles. The Morgan fingerprint density at radius 3 is 2.76 bits per heavy atom. The molecular formula is C14H13BrO2. The summed E-state index contributed by atoms with van der Waals surface area (Å²) in [7, 11) is 1.65. The van der Waals surface area contributed by atoms with E-state index in [0.717, 1.165) is 26.6 Å².